The van der Waals surface area contributed by atoms with E-state index in [0.717, 1.165) is 6.42 Å². The predicted molar refractivity (Wildman–Crippen MR) is 80.5 cm³/mol. The van der Waals surface area contributed by atoms with Gasteiger partial charge >= 0.3 is 6.09 Å². The first-order valence-corrected chi connectivity index (χ1v) is 6.82. The topological polar surface area (TPSA) is 73.6 Å². The lowest BCUT2D eigenvalue weighted by atomic mass is 10.2. The predicted octanol–water partition coefficient (Wildman–Crippen LogP) is 3.41. The molecule has 6 heteroatoms. The molecule has 0 atom stereocenters. The second kappa shape index (κ2) is 7.36. The fourth-order valence-electron chi connectivity index (χ4n) is 1.37. The largest absolute Gasteiger partial charge is 0.493 e. The van der Waals surface area contributed by atoms with Gasteiger partial charge in [-0.25, -0.2) is 4.79 Å². The highest BCUT2D eigenvalue weighted by Crippen LogP contribution is 2.27. The van der Waals surface area contributed by atoms with Crippen LogP contribution in [0, 0.1) is 0 Å². The fourth-order valence-corrected chi connectivity index (χ4v) is 1.59. The van der Waals surface area contributed by atoms with Crippen molar-refractivity contribution in [2.45, 2.75) is 32.8 Å². The fraction of sp³-hybridized carbons (Fsp3) is 0.500. The number of nitrogens with two attached hydrogens (primary N) is 1. The molecule has 0 aliphatic carbocycles. The number of hydrogen-bond acceptors (Lipinski definition) is 4. The third-order valence-corrected chi connectivity index (χ3v) is 2.51. The average Bonchev–Trinajstić information content (AvgIpc) is 2.30. The Labute approximate surface area is 124 Å². The van der Waals surface area contributed by atoms with E-state index in [1.165, 1.54) is 0 Å². The van der Waals surface area contributed by atoms with Gasteiger partial charge in [-0.05, 0) is 45.9 Å². The van der Waals surface area contributed by atoms with Crippen LogP contribution in [0.25, 0.3) is 0 Å². The number of benzene rings is 1. The van der Waals surface area contributed by atoms with Crippen molar-refractivity contribution in [3.05, 3.63) is 23.2 Å². The zero-order valence-corrected chi connectivity index (χ0v) is 12.8. The Hall–Kier alpha value is -1.46. The molecule has 0 aliphatic rings. The van der Waals surface area contributed by atoms with Crippen LogP contribution in [0.4, 0.5) is 10.5 Å². The van der Waals surface area contributed by atoms with Gasteiger partial charge in [-0.2, -0.15) is 0 Å². The molecule has 0 bridgehead atoms. The lowest BCUT2D eigenvalue weighted by Gasteiger charge is -2.20. The van der Waals surface area contributed by atoms with Crippen molar-refractivity contribution < 1.29 is 14.3 Å². The first kappa shape index (κ1) is 16.6. The molecule has 1 aromatic carbocycles. The van der Waals surface area contributed by atoms with E-state index in [0.29, 0.717) is 29.6 Å². The molecule has 0 saturated carbocycles. The summed E-state index contributed by atoms with van der Waals surface area (Å²) in [6.07, 6.45) is 0.228. The zero-order chi connectivity index (χ0) is 15.2. The Morgan fingerprint density at radius 3 is 2.65 bits per heavy atom. The number of nitrogens with one attached hydrogen (secondary N) is 1. The highest BCUT2D eigenvalue weighted by atomic mass is 35.5. The first-order chi connectivity index (χ1) is 9.31. The minimum atomic E-state index is -0.554. The van der Waals surface area contributed by atoms with Crippen LogP contribution < -0.4 is 15.8 Å². The molecule has 0 aliphatic heterocycles. The molecule has 0 radical (unpaired) electrons. The first-order valence-electron chi connectivity index (χ1n) is 6.44. The summed E-state index contributed by atoms with van der Waals surface area (Å²) < 4.78 is 10.6. The van der Waals surface area contributed by atoms with Crippen molar-refractivity contribution in [1.82, 2.24) is 0 Å². The van der Waals surface area contributed by atoms with E-state index in [4.69, 9.17) is 26.8 Å². The quantitative estimate of drug-likeness (QED) is 0.817. The van der Waals surface area contributed by atoms with Gasteiger partial charge < -0.3 is 15.2 Å². The van der Waals surface area contributed by atoms with E-state index in [9.17, 15) is 4.79 Å². The van der Waals surface area contributed by atoms with Crippen LogP contribution in [0.15, 0.2) is 18.2 Å². The summed E-state index contributed by atoms with van der Waals surface area (Å²) in [6, 6.07) is 5.05. The maximum absolute atomic E-state index is 11.6. The van der Waals surface area contributed by atoms with Crippen LogP contribution in [0.2, 0.25) is 5.02 Å². The monoisotopic (exact) mass is 300 g/mol. The van der Waals surface area contributed by atoms with Gasteiger partial charge in [-0.3, -0.25) is 5.32 Å². The molecule has 20 heavy (non-hydrogen) atoms. The summed E-state index contributed by atoms with van der Waals surface area (Å²) >= 11 is 6.08. The molecule has 5 nitrogen and oxygen atoms in total. The molecular formula is C14H21ClN2O3. The third kappa shape index (κ3) is 6.12. The van der Waals surface area contributed by atoms with Gasteiger partial charge in [0.15, 0.2) is 0 Å². The van der Waals surface area contributed by atoms with Crippen LogP contribution in [0.1, 0.15) is 27.2 Å². The second-order valence-electron chi connectivity index (χ2n) is 5.26. The highest BCUT2D eigenvalue weighted by Gasteiger charge is 2.17. The zero-order valence-electron chi connectivity index (χ0n) is 12.0. The minimum Gasteiger partial charge on any atom is -0.493 e. The standard InChI is InChI=1S/C14H21ClN2O3/c1-14(2,3)20-13(18)17-12-6-5-10(9-11(12)15)19-8-4-7-16/h5-6,9H,4,7-8,16H2,1-3H3,(H,17,18). The number of ether oxygens (including phenoxy) is 2. The van der Waals surface area contributed by atoms with Gasteiger partial charge in [0.2, 0.25) is 0 Å². The molecule has 0 aromatic heterocycles. The summed E-state index contributed by atoms with van der Waals surface area (Å²) in [5, 5.41) is 2.98. The Kier molecular flexibility index (Phi) is 6.10. The van der Waals surface area contributed by atoms with Crippen molar-refractivity contribution in [2.75, 3.05) is 18.5 Å². The number of hydrogen-bond donors (Lipinski definition) is 2. The SMILES string of the molecule is CC(C)(C)OC(=O)Nc1ccc(OCCCN)cc1Cl. The van der Waals surface area contributed by atoms with Crippen LogP contribution in [0.5, 0.6) is 5.75 Å². The molecular weight excluding hydrogens is 280 g/mol. The number of rotatable bonds is 5. The molecule has 3 N–H and O–H groups in total. The van der Waals surface area contributed by atoms with Gasteiger partial charge in [-0.1, -0.05) is 11.6 Å². The maximum Gasteiger partial charge on any atom is 0.412 e. The Balaban J connectivity index is 2.61. The van der Waals surface area contributed by atoms with E-state index in [1.54, 1.807) is 39.0 Å². The lowest BCUT2D eigenvalue weighted by molar-refractivity contribution is 0.0636. The third-order valence-electron chi connectivity index (χ3n) is 2.19. The second-order valence-corrected chi connectivity index (χ2v) is 5.67. The van der Waals surface area contributed by atoms with Crippen molar-refractivity contribution >= 4 is 23.4 Å². The van der Waals surface area contributed by atoms with Gasteiger partial charge in [-0.15, -0.1) is 0 Å². The number of halogens is 1. The minimum absolute atomic E-state index is 0.390. The van der Waals surface area contributed by atoms with Crippen LogP contribution >= 0.6 is 11.6 Å². The summed E-state index contributed by atoms with van der Waals surface area (Å²) in [4.78, 5) is 11.6. The molecule has 112 valence electrons. The molecule has 1 rings (SSSR count). The summed E-state index contributed by atoms with van der Waals surface area (Å²) in [5.41, 5.74) is 5.31. The normalized spacial score (nSPS) is 11.1. The maximum atomic E-state index is 11.6. The Bertz CT molecular complexity index is 458. The smallest absolute Gasteiger partial charge is 0.412 e. The van der Waals surface area contributed by atoms with Crippen LogP contribution in [-0.2, 0) is 4.74 Å². The van der Waals surface area contributed by atoms with E-state index in [1.807, 2.05) is 0 Å². The molecule has 1 amide bonds. The van der Waals surface area contributed by atoms with Crippen molar-refractivity contribution in [3.8, 4) is 5.75 Å². The number of carbonyl (C=O) groups excluding carboxylic acids is 1. The number of anilines is 1. The van der Waals surface area contributed by atoms with Crippen molar-refractivity contribution in [2.24, 2.45) is 5.73 Å². The lowest BCUT2D eigenvalue weighted by Crippen LogP contribution is -2.27. The Morgan fingerprint density at radius 2 is 2.10 bits per heavy atom. The van der Waals surface area contributed by atoms with Crippen molar-refractivity contribution in [3.63, 3.8) is 0 Å². The van der Waals surface area contributed by atoms with E-state index < -0.39 is 11.7 Å². The Morgan fingerprint density at radius 1 is 1.40 bits per heavy atom. The van der Waals surface area contributed by atoms with Gasteiger partial charge in [0.1, 0.15) is 11.4 Å². The highest BCUT2D eigenvalue weighted by molar-refractivity contribution is 6.33. The molecule has 0 unspecified atom stereocenters. The van der Waals surface area contributed by atoms with E-state index >= 15 is 0 Å². The summed E-state index contributed by atoms with van der Waals surface area (Å²) in [5.74, 6) is 0.637. The summed E-state index contributed by atoms with van der Waals surface area (Å²) in [6.45, 7) is 6.49. The van der Waals surface area contributed by atoms with Gasteiger partial charge in [0.25, 0.3) is 0 Å². The molecule has 0 fully saturated rings. The van der Waals surface area contributed by atoms with E-state index in [2.05, 4.69) is 5.32 Å². The van der Waals surface area contributed by atoms with Crippen LogP contribution in [-0.4, -0.2) is 24.8 Å². The van der Waals surface area contributed by atoms with E-state index in [-0.39, 0.29) is 0 Å². The number of amides is 1. The van der Waals surface area contributed by atoms with Crippen molar-refractivity contribution in [1.29, 1.82) is 0 Å². The molecule has 0 heterocycles. The van der Waals surface area contributed by atoms with Crippen LogP contribution in [0.3, 0.4) is 0 Å². The average molecular weight is 301 g/mol. The molecule has 0 spiro atoms. The van der Waals surface area contributed by atoms with Gasteiger partial charge in [0, 0.05) is 6.07 Å². The molecule has 0 saturated heterocycles. The summed E-state index contributed by atoms with van der Waals surface area (Å²) in [7, 11) is 0. The van der Waals surface area contributed by atoms with Gasteiger partial charge in [0.05, 0.1) is 17.3 Å². The number of carbonyl (C=O) groups is 1. The molecule has 1 aromatic rings.